The topological polar surface area (TPSA) is 94.0 Å². The zero-order valence-electron chi connectivity index (χ0n) is 12.4. The highest BCUT2D eigenvalue weighted by Crippen LogP contribution is 2.24. The molecule has 3 N–H and O–H groups in total. The van der Waals surface area contributed by atoms with Gasteiger partial charge in [0.05, 0.1) is 17.8 Å². The fourth-order valence-electron chi connectivity index (χ4n) is 2.36. The summed E-state index contributed by atoms with van der Waals surface area (Å²) < 4.78 is 5.77. The number of aromatic nitrogens is 2. The summed E-state index contributed by atoms with van der Waals surface area (Å²) in [5.41, 5.74) is 8.28. The van der Waals surface area contributed by atoms with Crippen molar-refractivity contribution in [2.75, 3.05) is 5.73 Å². The molecule has 0 fully saturated rings. The number of furan rings is 1. The summed E-state index contributed by atoms with van der Waals surface area (Å²) in [4.78, 5) is 20.0. The first kappa shape index (κ1) is 14.1. The van der Waals surface area contributed by atoms with Crippen LogP contribution in [0.15, 0.2) is 34.9 Å². The summed E-state index contributed by atoms with van der Waals surface area (Å²) in [6.45, 7) is 4.01. The predicted octanol–water partition coefficient (Wildman–Crippen LogP) is 2.35. The molecule has 2 aromatic heterocycles. The van der Waals surface area contributed by atoms with Crippen molar-refractivity contribution >= 4 is 22.8 Å². The number of aryl methyl sites for hydroxylation is 2. The minimum atomic E-state index is -0.252. The second kappa shape index (κ2) is 5.48. The van der Waals surface area contributed by atoms with Crippen LogP contribution in [0.5, 0.6) is 0 Å². The van der Waals surface area contributed by atoms with Gasteiger partial charge in [-0.25, -0.2) is 9.97 Å². The summed E-state index contributed by atoms with van der Waals surface area (Å²) >= 11 is 0. The van der Waals surface area contributed by atoms with Crippen molar-refractivity contribution in [3.8, 4) is 0 Å². The maximum atomic E-state index is 12.2. The number of benzene rings is 1. The number of nitrogen functional groups attached to an aromatic ring is 1. The van der Waals surface area contributed by atoms with Crippen molar-refractivity contribution in [1.82, 2.24) is 15.3 Å². The van der Waals surface area contributed by atoms with Gasteiger partial charge in [0.1, 0.15) is 11.3 Å². The number of nitrogens with zero attached hydrogens (tertiary/aromatic N) is 2. The van der Waals surface area contributed by atoms with E-state index in [-0.39, 0.29) is 11.9 Å². The largest absolute Gasteiger partial charge is 0.459 e. The quantitative estimate of drug-likeness (QED) is 0.773. The van der Waals surface area contributed by atoms with Gasteiger partial charge in [-0.3, -0.25) is 4.79 Å². The molecule has 3 aromatic rings. The number of hydrogen-bond donors (Lipinski definition) is 2. The Morgan fingerprint density at radius 3 is 2.82 bits per heavy atom. The lowest BCUT2D eigenvalue weighted by Crippen LogP contribution is -2.24. The van der Waals surface area contributed by atoms with Gasteiger partial charge in [-0.2, -0.15) is 0 Å². The molecule has 0 spiro atoms. The fraction of sp³-hybridized carbons (Fsp3) is 0.188. The maximum absolute atomic E-state index is 12.2. The van der Waals surface area contributed by atoms with E-state index in [1.165, 1.54) is 6.20 Å². The Balaban J connectivity index is 1.79. The highest BCUT2D eigenvalue weighted by atomic mass is 16.3. The van der Waals surface area contributed by atoms with Gasteiger partial charge >= 0.3 is 0 Å². The van der Waals surface area contributed by atoms with E-state index in [2.05, 4.69) is 15.3 Å². The highest BCUT2D eigenvalue weighted by Gasteiger charge is 2.14. The number of hydrogen-bond acceptors (Lipinski definition) is 5. The average Bonchev–Trinajstić information content (AvgIpc) is 2.82. The average molecular weight is 296 g/mol. The highest BCUT2D eigenvalue weighted by molar-refractivity contribution is 5.95. The molecular weight excluding hydrogens is 280 g/mol. The summed E-state index contributed by atoms with van der Waals surface area (Å²) in [5, 5.41) is 3.88. The summed E-state index contributed by atoms with van der Waals surface area (Å²) in [6, 6.07) is 7.79. The van der Waals surface area contributed by atoms with Crippen molar-refractivity contribution < 1.29 is 9.21 Å². The standard InChI is InChI=1S/C16H16N4O2/c1-9-11-5-3-4-6-13(11)22-14(9)8-18-15(21)12-7-19-16(17)20-10(12)2/h3-7H,8H2,1-2H3,(H,18,21)(H2,17,19,20). The van der Waals surface area contributed by atoms with Crippen LogP contribution in [0, 0.1) is 13.8 Å². The molecule has 22 heavy (non-hydrogen) atoms. The van der Waals surface area contributed by atoms with Gasteiger partial charge < -0.3 is 15.5 Å². The molecule has 0 unspecified atom stereocenters. The van der Waals surface area contributed by atoms with Crippen LogP contribution in [-0.4, -0.2) is 15.9 Å². The Morgan fingerprint density at radius 2 is 2.09 bits per heavy atom. The lowest BCUT2D eigenvalue weighted by atomic mass is 10.1. The predicted molar refractivity (Wildman–Crippen MR) is 83.3 cm³/mol. The number of fused-ring (bicyclic) bond motifs is 1. The van der Waals surface area contributed by atoms with E-state index in [1.54, 1.807) is 6.92 Å². The number of rotatable bonds is 3. The van der Waals surface area contributed by atoms with Crippen LogP contribution in [0.4, 0.5) is 5.95 Å². The van der Waals surface area contributed by atoms with Gasteiger partial charge in [0, 0.05) is 17.1 Å². The molecule has 0 saturated carbocycles. The van der Waals surface area contributed by atoms with Crippen LogP contribution in [0.25, 0.3) is 11.0 Å². The van der Waals surface area contributed by atoms with E-state index in [9.17, 15) is 4.79 Å². The second-order valence-electron chi connectivity index (χ2n) is 5.06. The first-order chi connectivity index (χ1) is 10.6. The third kappa shape index (κ3) is 2.50. The number of nitrogens with one attached hydrogen (secondary N) is 1. The first-order valence-electron chi connectivity index (χ1n) is 6.90. The molecule has 1 aromatic carbocycles. The molecule has 0 aliphatic rings. The van der Waals surface area contributed by atoms with Crippen LogP contribution >= 0.6 is 0 Å². The number of carbonyl (C=O) groups is 1. The molecule has 0 atom stereocenters. The number of nitrogens with two attached hydrogens (primary N) is 1. The van der Waals surface area contributed by atoms with Crippen molar-refractivity contribution in [2.45, 2.75) is 20.4 Å². The normalized spacial score (nSPS) is 10.8. The number of carbonyl (C=O) groups excluding carboxylic acids is 1. The molecule has 0 aliphatic carbocycles. The maximum Gasteiger partial charge on any atom is 0.255 e. The smallest absolute Gasteiger partial charge is 0.255 e. The van der Waals surface area contributed by atoms with E-state index >= 15 is 0 Å². The Hall–Kier alpha value is -2.89. The van der Waals surface area contributed by atoms with Crippen LogP contribution in [0.3, 0.4) is 0 Å². The molecule has 0 aliphatic heterocycles. The molecule has 6 nitrogen and oxygen atoms in total. The third-order valence-electron chi connectivity index (χ3n) is 3.59. The Kier molecular flexibility index (Phi) is 3.50. The number of para-hydroxylation sites is 1. The van der Waals surface area contributed by atoms with Gasteiger partial charge in [0.15, 0.2) is 0 Å². The lowest BCUT2D eigenvalue weighted by molar-refractivity contribution is 0.0947. The van der Waals surface area contributed by atoms with Crippen LogP contribution in [0.2, 0.25) is 0 Å². The van der Waals surface area contributed by atoms with Gasteiger partial charge in [0.25, 0.3) is 5.91 Å². The van der Waals surface area contributed by atoms with E-state index in [1.807, 2.05) is 31.2 Å². The Morgan fingerprint density at radius 1 is 1.32 bits per heavy atom. The third-order valence-corrected chi connectivity index (χ3v) is 3.59. The number of anilines is 1. The number of amides is 1. The van der Waals surface area contributed by atoms with Crippen molar-refractivity contribution in [2.24, 2.45) is 0 Å². The Bertz CT molecular complexity index is 854. The van der Waals surface area contributed by atoms with Gasteiger partial charge in [-0.1, -0.05) is 18.2 Å². The molecule has 0 bridgehead atoms. The second-order valence-corrected chi connectivity index (χ2v) is 5.06. The van der Waals surface area contributed by atoms with Gasteiger partial charge in [0.2, 0.25) is 5.95 Å². The van der Waals surface area contributed by atoms with E-state index in [0.717, 1.165) is 22.3 Å². The summed E-state index contributed by atoms with van der Waals surface area (Å²) in [5.74, 6) is 0.642. The van der Waals surface area contributed by atoms with Crippen LogP contribution < -0.4 is 11.1 Å². The Labute approximate surface area is 127 Å². The van der Waals surface area contributed by atoms with Crippen molar-refractivity contribution in [3.05, 3.63) is 53.0 Å². The molecular formula is C16H16N4O2. The summed E-state index contributed by atoms with van der Waals surface area (Å²) in [7, 11) is 0. The first-order valence-corrected chi connectivity index (χ1v) is 6.90. The van der Waals surface area contributed by atoms with Gasteiger partial charge in [-0.05, 0) is 19.9 Å². The lowest BCUT2D eigenvalue weighted by Gasteiger charge is -2.06. The zero-order chi connectivity index (χ0) is 15.7. The van der Waals surface area contributed by atoms with Crippen LogP contribution in [-0.2, 0) is 6.54 Å². The van der Waals surface area contributed by atoms with E-state index < -0.39 is 0 Å². The molecule has 1 amide bonds. The molecule has 3 rings (SSSR count). The zero-order valence-corrected chi connectivity index (χ0v) is 12.4. The molecule has 2 heterocycles. The van der Waals surface area contributed by atoms with E-state index in [4.69, 9.17) is 10.2 Å². The summed E-state index contributed by atoms with van der Waals surface area (Å²) in [6.07, 6.45) is 1.43. The van der Waals surface area contributed by atoms with Gasteiger partial charge in [-0.15, -0.1) is 0 Å². The monoisotopic (exact) mass is 296 g/mol. The van der Waals surface area contributed by atoms with Crippen molar-refractivity contribution in [1.29, 1.82) is 0 Å². The van der Waals surface area contributed by atoms with Crippen LogP contribution in [0.1, 0.15) is 27.4 Å². The SMILES string of the molecule is Cc1nc(N)ncc1C(=O)NCc1oc2ccccc2c1C. The minimum absolute atomic E-state index is 0.155. The van der Waals surface area contributed by atoms with Crippen molar-refractivity contribution in [3.63, 3.8) is 0 Å². The van der Waals surface area contributed by atoms with E-state index in [0.29, 0.717) is 17.8 Å². The molecule has 6 heteroatoms. The fourth-order valence-corrected chi connectivity index (χ4v) is 2.36. The molecule has 0 saturated heterocycles. The minimum Gasteiger partial charge on any atom is -0.459 e. The molecule has 0 radical (unpaired) electrons. The molecule has 112 valence electrons.